The monoisotopic (exact) mass is 297 g/mol. The van der Waals surface area contributed by atoms with E-state index in [9.17, 15) is 10.1 Å². The summed E-state index contributed by atoms with van der Waals surface area (Å²) in [6, 6.07) is 4.86. The molecule has 1 heterocycles. The van der Waals surface area contributed by atoms with E-state index in [2.05, 4.69) is 5.32 Å². The zero-order chi connectivity index (χ0) is 14.5. The minimum atomic E-state index is -0.358. The van der Waals surface area contributed by atoms with Crippen molar-refractivity contribution in [1.29, 1.82) is 0 Å². The number of piperidine rings is 1. The topological polar surface area (TPSA) is 58.4 Å². The van der Waals surface area contributed by atoms with Crippen LogP contribution >= 0.6 is 11.6 Å². The van der Waals surface area contributed by atoms with Crippen molar-refractivity contribution in [2.24, 2.45) is 5.92 Å². The molecule has 0 aliphatic carbocycles. The molecule has 1 aromatic rings. The maximum absolute atomic E-state index is 11.2. The summed E-state index contributed by atoms with van der Waals surface area (Å²) >= 11 is 6.20. The molecule has 0 aromatic heterocycles. The molecule has 0 bridgehead atoms. The second kappa shape index (κ2) is 6.90. The summed E-state index contributed by atoms with van der Waals surface area (Å²) < 4.78 is 0. The first-order chi connectivity index (χ1) is 9.63. The van der Waals surface area contributed by atoms with Crippen LogP contribution in [0.4, 0.5) is 11.4 Å². The van der Waals surface area contributed by atoms with E-state index in [0.717, 1.165) is 32.5 Å². The number of rotatable bonds is 5. The molecule has 1 fully saturated rings. The molecule has 1 unspecified atom stereocenters. The lowest BCUT2D eigenvalue weighted by Gasteiger charge is -2.31. The van der Waals surface area contributed by atoms with Crippen molar-refractivity contribution in [3.8, 4) is 0 Å². The summed E-state index contributed by atoms with van der Waals surface area (Å²) in [6.07, 6.45) is 2.31. The smallest absolute Gasteiger partial charge is 0.294 e. The van der Waals surface area contributed by atoms with E-state index in [1.54, 1.807) is 12.1 Å². The molecule has 1 aromatic carbocycles. The summed E-state index contributed by atoms with van der Waals surface area (Å²) in [5, 5.41) is 15.0. The zero-order valence-corrected chi connectivity index (χ0v) is 12.4. The summed E-state index contributed by atoms with van der Waals surface area (Å²) in [4.78, 5) is 12.9. The van der Waals surface area contributed by atoms with E-state index in [4.69, 9.17) is 11.6 Å². The second-order valence-electron chi connectivity index (χ2n) is 5.12. The Kier molecular flexibility index (Phi) is 5.20. The molecule has 2 rings (SSSR count). The van der Waals surface area contributed by atoms with Gasteiger partial charge in [0.25, 0.3) is 5.69 Å². The molecule has 110 valence electrons. The highest BCUT2D eigenvalue weighted by molar-refractivity contribution is 6.33. The van der Waals surface area contributed by atoms with E-state index in [1.807, 2.05) is 11.8 Å². The van der Waals surface area contributed by atoms with Gasteiger partial charge in [0.1, 0.15) is 5.69 Å². The minimum Gasteiger partial charge on any atom is -0.365 e. The number of nitrogens with zero attached hydrogens (tertiary/aromatic N) is 2. The Labute approximate surface area is 124 Å². The average Bonchev–Trinajstić information content (AvgIpc) is 2.46. The van der Waals surface area contributed by atoms with Gasteiger partial charge in [-0.3, -0.25) is 10.1 Å². The number of hydrogen-bond acceptors (Lipinski definition) is 4. The highest BCUT2D eigenvalue weighted by Gasteiger charge is 2.24. The Morgan fingerprint density at radius 3 is 2.95 bits per heavy atom. The molecule has 0 saturated carbocycles. The SMILES string of the molecule is CCN(CC1CCCNC1)c1c(Cl)cccc1[N+](=O)[O-]. The first kappa shape index (κ1) is 15.1. The van der Waals surface area contributed by atoms with Crippen LogP contribution in [0.15, 0.2) is 18.2 Å². The van der Waals surface area contributed by atoms with Crippen molar-refractivity contribution in [3.05, 3.63) is 33.3 Å². The van der Waals surface area contributed by atoms with Crippen LogP contribution in [-0.4, -0.2) is 31.1 Å². The van der Waals surface area contributed by atoms with Crippen LogP contribution in [0.2, 0.25) is 5.02 Å². The molecule has 1 atom stereocenters. The summed E-state index contributed by atoms with van der Waals surface area (Å²) in [6.45, 7) is 5.54. The highest BCUT2D eigenvalue weighted by atomic mass is 35.5. The van der Waals surface area contributed by atoms with E-state index in [-0.39, 0.29) is 10.6 Å². The Morgan fingerprint density at radius 1 is 1.55 bits per heavy atom. The first-order valence-electron chi connectivity index (χ1n) is 7.02. The van der Waals surface area contributed by atoms with Gasteiger partial charge in [-0.15, -0.1) is 0 Å². The van der Waals surface area contributed by atoms with Gasteiger partial charge in [0.15, 0.2) is 0 Å². The number of nitro benzene ring substituents is 1. The standard InChI is InChI=1S/C14H20ClN3O2/c1-2-17(10-11-5-4-8-16-9-11)14-12(15)6-3-7-13(14)18(19)20/h3,6-7,11,16H,2,4-5,8-10H2,1H3. The van der Waals surface area contributed by atoms with Crippen molar-refractivity contribution in [2.45, 2.75) is 19.8 Å². The summed E-state index contributed by atoms with van der Waals surface area (Å²) in [7, 11) is 0. The van der Waals surface area contributed by atoms with Crippen LogP contribution < -0.4 is 10.2 Å². The molecule has 1 N–H and O–H groups in total. The van der Waals surface area contributed by atoms with Crippen LogP contribution in [0.5, 0.6) is 0 Å². The number of benzene rings is 1. The third kappa shape index (κ3) is 3.41. The van der Waals surface area contributed by atoms with Gasteiger partial charge in [-0.1, -0.05) is 17.7 Å². The number of hydrogen-bond donors (Lipinski definition) is 1. The van der Waals surface area contributed by atoms with Crippen LogP contribution in [0.1, 0.15) is 19.8 Å². The molecule has 5 nitrogen and oxygen atoms in total. The van der Waals surface area contributed by atoms with Crippen LogP contribution in [-0.2, 0) is 0 Å². The van der Waals surface area contributed by atoms with Gasteiger partial charge in [0.05, 0.1) is 9.95 Å². The lowest BCUT2D eigenvalue weighted by atomic mass is 9.98. The van der Waals surface area contributed by atoms with Gasteiger partial charge >= 0.3 is 0 Å². The van der Waals surface area contributed by atoms with Crippen molar-refractivity contribution in [2.75, 3.05) is 31.1 Å². The number of para-hydroxylation sites is 1. The largest absolute Gasteiger partial charge is 0.365 e. The van der Waals surface area contributed by atoms with Crippen molar-refractivity contribution in [1.82, 2.24) is 5.32 Å². The van der Waals surface area contributed by atoms with Crippen molar-refractivity contribution < 1.29 is 4.92 Å². The van der Waals surface area contributed by atoms with Crippen molar-refractivity contribution >= 4 is 23.0 Å². The lowest BCUT2D eigenvalue weighted by molar-refractivity contribution is -0.384. The molecule has 20 heavy (non-hydrogen) atoms. The third-order valence-electron chi connectivity index (χ3n) is 3.74. The molecule has 1 aliphatic heterocycles. The molecule has 1 aliphatic rings. The molecular weight excluding hydrogens is 278 g/mol. The van der Waals surface area contributed by atoms with Crippen LogP contribution in [0, 0.1) is 16.0 Å². The van der Waals surface area contributed by atoms with Gasteiger partial charge in [0, 0.05) is 19.2 Å². The molecular formula is C14H20ClN3O2. The third-order valence-corrected chi connectivity index (χ3v) is 4.04. The molecule has 0 spiro atoms. The fraction of sp³-hybridized carbons (Fsp3) is 0.571. The Morgan fingerprint density at radius 2 is 2.35 bits per heavy atom. The lowest BCUT2D eigenvalue weighted by Crippen LogP contribution is -2.38. The number of nitrogens with one attached hydrogen (secondary N) is 1. The van der Waals surface area contributed by atoms with E-state index >= 15 is 0 Å². The van der Waals surface area contributed by atoms with Gasteiger partial charge in [-0.25, -0.2) is 0 Å². The summed E-state index contributed by atoms with van der Waals surface area (Å²) in [5.41, 5.74) is 0.635. The first-order valence-corrected chi connectivity index (χ1v) is 7.39. The number of nitro groups is 1. The number of halogens is 1. The second-order valence-corrected chi connectivity index (χ2v) is 5.52. The Hall–Kier alpha value is -1.33. The van der Waals surface area contributed by atoms with Gasteiger partial charge in [-0.05, 0) is 44.8 Å². The van der Waals surface area contributed by atoms with Crippen LogP contribution in [0.25, 0.3) is 0 Å². The fourth-order valence-corrected chi connectivity index (χ4v) is 3.02. The predicted molar refractivity (Wildman–Crippen MR) is 81.6 cm³/mol. The van der Waals surface area contributed by atoms with Gasteiger partial charge in [-0.2, -0.15) is 0 Å². The van der Waals surface area contributed by atoms with Gasteiger partial charge in [0.2, 0.25) is 0 Å². The van der Waals surface area contributed by atoms with E-state index in [0.29, 0.717) is 23.2 Å². The molecule has 1 saturated heterocycles. The average molecular weight is 298 g/mol. The quantitative estimate of drug-likeness (QED) is 0.670. The van der Waals surface area contributed by atoms with Crippen LogP contribution in [0.3, 0.4) is 0 Å². The summed E-state index contributed by atoms with van der Waals surface area (Å²) in [5.74, 6) is 0.513. The maximum Gasteiger partial charge on any atom is 0.294 e. The Balaban J connectivity index is 2.24. The van der Waals surface area contributed by atoms with Crippen molar-refractivity contribution in [3.63, 3.8) is 0 Å². The Bertz CT molecular complexity index is 475. The predicted octanol–water partition coefficient (Wildman–Crippen LogP) is 3.07. The highest BCUT2D eigenvalue weighted by Crippen LogP contribution is 2.36. The molecule has 0 amide bonds. The normalized spacial score (nSPS) is 18.8. The van der Waals surface area contributed by atoms with E-state index in [1.165, 1.54) is 6.07 Å². The number of anilines is 1. The molecule has 6 heteroatoms. The zero-order valence-electron chi connectivity index (χ0n) is 11.6. The maximum atomic E-state index is 11.2. The van der Waals surface area contributed by atoms with E-state index < -0.39 is 0 Å². The van der Waals surface area contributed by atoms with Gasteiger partial charge < -0.3 is 10.2 Å². The molecule has 0 radical (unpaired) electrons. The minimum absolute atomic E-state index is 0.0862. The fourth-order valence-electron chi connectivity index (χ4n) is 2.73.